The van der Waals surface area contributed by atoms with E-state index in [1.807, 2.05) is 0 Å². The highest BCUT2D eigenvalue weighted by Crippen LogP contribution is 2.55. The average molecular weight is 305 g/mol. The molecule has 1 aliphatic carbocycles. The SMILES string of the molecule is CC(C)(C)OC(=O)N1C(C2[C@H]3COC[C@@H]23)COS1(=O)=O. The Morgan fingerprint density at radius 2 is 1.80 bits per heavy atom. The Hall–Kier alpha value is -0.860. The lowest BCUT2D eigenvalue weighted by molar-refractivity contribution is 0.0322. The molecule has 2 saturated heterocycles. The molecule has 0 aromatic heterocycles. The summed E-state index contributed by atoms with van der Waals surface area (Å²) in [5.74, 6) is 0.803. The Balaban J connectivity index is 1.79. The number of hydrogen-bond acceptors (Lipinski definition) is 6. The van der Waals surface area contributed by atoms with Crippen LogP contribution in [0.25, 0.3) is 0 Å². The number of fused-ring (bicyclic) bond motifs is 1. The van der Waals surface area contributed by atoms with E-state index in [9.17, 15) is 13.2 Å². The predicted molar refractivity (Wildman–Crippen MR) is 68.0 cm³/mol. The van der Waals surface area contributed by atoms with Gasteiger partial charge in [0.15, 0.2) is 0 Å². The molecule has 1 saturated carbocycles. The largest absolute Gasteiger partial charge is 0.443 e. The fourth-order valence-electron chi connectivity index (χ4n) is 3.10. The van der Waals surface area contributed by atoms with Gasteiger partial charge in [-0.1, -0.05) is 0 Å². The van der Waals surface area contributed by atoms with E-state index >= 15 is 0 Å². The molecule has 3 fully saturated rings. The second-order valence-corrected chi connectivity index (χ2v) is 8.01. The third-order valence-corrected chi connectivity index (χ3v) is 5.30. The summed E-state index contributed by atoms with van der Waals surface area (Å²) in [5, 5.41) is 0. The lowest BCUT2D eigenvalue weighted by Crippen LogP contribution is -2.44. The summed E-state index contributed by atoms with van der Waals surface area (Å²) in [6.45, 7) is 6.37. The molecule has 8 heteroatoms. The quantitative estimate of drug-likeness (QED) is 0.711. The summed E-state index contributed by atoms with van der Waals surface area (Å²) in [5.41, 5.74) is -0.748. The minimum Gasteiger partial charge on any atom is -0.443 e. The predicted octanol–water partition coefficient (Wildman–Crippen LogP) is 0.760. The van der Waals surface area contributed by atoms with Gasteiger partial charge < -0.3 is 9.47 Å². The van der Waals surface area contributed by atoms with Gasteiger partial charge in [0.2, 0.25) is 0 Å². The molecule has 4 atom stereocenters. The van der Waals surface area contributed by atoms with Crippen molar-refractivity contribution in [2.24, 2.45) is 17.8 Å². The Kier molecular flexibility index (Phi) is 3.04. The summed E-state index contributed by atoms with van der Waals surface area (Å²) in [6.07, 6.45) is -0.856. The van der Waals surface area contributed by atoms with Crippen molar-refractivity contribution in [2.45, 2.75) is 32.4 Å². The molecule has 0 aromatic rings. The number of carbonyl (C=O) groups is 1. The first-order valence-corrected chi connectivity index (χ1v) is 8.07. The summed E-state index contributed by atoms with van der Waals surface area (Å²) in [6, 6.07) is -0.464. The number of hydrogen-bond donors (Lipinski definition) is 0. The maximum absolute atomic E-state index is 12.2. The zero-order chi connectivity index (χ0) is 14.7. The Morgan fingerprint density at radius 3 is 2.35 bits per heavy atom. The molecule has 1 amide bonds. The van der Waals surface area contributed by atoms with Crippen LogP contribution in [0.1, 0.15) is 20.8 Å². The summed E-state index contributed by atoms with van der Waals surface area (Å²) >= 11 is 0. The van der Waals surface area contributed by atoms with Crippen molar-refractivity contribution in [2.75, 3.05) is 19.8 Å². The molecule has 0 spiro atoms. The molecule has 20 heavy (non-hydrogen) atoms. The van der Waals surface area contributed by atoms with Crippen molar-refractivity contribution < 1.29 is 26.9 Å². The molecule has 0 radical (unpaired) electrons. The van der Waals surface area contributed by atoms with Crippen molar-refractivity contribution in [3.05, 3.63) is 0 Å². The highest BCUT2D eigenvalue weighted by atomic mass is 32.2. The average Bonchev–Trinajstić information content (AvgIpc) is 2.67. The topological polar surface area (TPSA) is 82.1 Å². The van der Waals surface area contributed by atoms with Gasteiger partial charge in [0.1, 0.15) is 5.60 Å². The first-order valence-electron chi connectivity index (χ1n) is 6.70. The zero-order valence-corrected chi connectivity index (χ0v) is 12.6. The van der Waals surface area contributed by atoms with Gasteiger partial charge in [0.05, 0.1) is 25.9 Å². The van der Waals surface area contributed by atoms with Crippen LogP contribution in [-0.4, -0.2) is 50.3 Å². The number of carbonyl (C=O) groups excluding carboxylic acids is 1. The Labute approximate surface area is 118 Å². The molecule has 0 bridgehead atoms. The molecular weight excluding hydrogens is 286 g/mol. The van der Waals surface area contributed by atoms with E-state index in [1.54, 1.807) is 20.8 Å². The fourth-order valence-corrected chi connectivity index (χ4v) is 4.28. The number of ether oxygens (including phenoxy) is 2. The zero-order valence-electron chi connectivity index (χ0n) is 11.7. The van der Waals surface area contributed by atoms with Gasteiger partial charge in [-0.05, 0) is 38.5 Å². The molecule has 3 rings (SSSR count). The molecule has 0 N–H and O–H groups in total. The smallest absolute Gasteiger partial charge is 0.426 e. The van der Waals surface area contributed by atoms with Crippen LogP contribution < -0.4 is 0 Å². The van der Waals surface area contributed by atoms with Crippen LogP contribution in [0.2, 0.25) is 0 Å². The molecule has 2 aliphatic heterocycles. The van der Waals surface area contributed by atoms with E-state index < -0.39 is 28.0 Å². The van der Waals surface area contributed by atoms with Gasteiger partial charge in [0.25, 0.3) is 0 Å². The van der Waals surface area contributed by atoms with Gasteiger partial charge in [-0.3, -0.25) is 4.18 Å². The van der Waals surface area contributed by atoms with Crippen LogP contribution in [0.15, 0.2) is 0 Å². The van der Waals surface area contributed by atoms with Crippen LogP contribution in [0.4, 0.5) is 4.79 Å². The minimum atomic E-state index is -4.03. The molecule has 2 unspecified atom stereocenters. The molecule has 3 aliphatic rings. The maximum atomic E-state index is 12.2. The van der Waals surface area contributed by atoms with Gasteiger partial charge in [-0.15, -0.1) is 0 Å². The Bertz CT molecular complexity index is 515. The molecule has 0 aromatic carbocycles. The van der Waals surface area contributed by atoms with Crippen LogP contribution >= 0.6 is 0 Å². The van der Waals surface area contributed by atoms with Crippen LogP contribution in [0.5, 0.6) is 0 Å². The van der Waals surface area contributed by atoms with Crippen LogP contribution in [0.3, 0.4) is 0 Å². The monoisotopic (exact) mass is 305 g/mol. The normalized spacial score (nSPS) is 38.6. The second kappa shape index (κ2) is 4.32. The van der Waals surface area contributed by atoms with Crippen molar-refractivity contribution in [1.82, 2.24) is 4.31 Å². The highest BCUT2D eigenvalue weighted by molar-refractivity contribution is 7.85. The summed E-state index contributed by atoms with van der Waals surface area (Å²) in [4.78, 5) is 12.2. The van der Waals surface area contributed by atoms with E-state index in [0.29, 0.717) is 25.0 Å². The van der Waals surface area contributed by atoms with E-state index in [0.717, 1.165) is 4.31 Å². The van der Waals surface area contributed by atoms with Crippen LogP contribution in [0, 0.1) is 17.8 Å². The van der Waals surface area contributed by atoms with Crippen molar-refractivity contribution >= 4 is 16.4 Å². The van der Waals surface area contributed by atoms with Gasteiger partial charge in [-0.2, -0.15) is 12.7 Å². The summed E-state index contributed by atoms with van der Waals surface area (Å²) < 4.78 is 39.9. The van der Waals surface area contributed by atoms with E-state index in [1.165, 1.54) is 0 Å². The van der Waals surface area contributed by atoms with Gasteiger partial charge in [-0.25, -0.2) is 4.79 Å². The lowest BCUT2D eigenvalue weighted by atomic mass is 10.1. The van der Waals surface area contributed by atoms with Gasteiger partial charge >= 0.3 is 16.4 Å². The Morgan fingerprint density at radius 1 is 1.20 bits per heavy atom. The first-order chi connectivity index (χ1) is 9.21. The highest BCUT2D eigenvalue weighted by Gasteiger charge is 2.63. The minimum absolute atomic E-state index is 0.0131. The van der Waals surface area contributed by atoms with Crippen molar-refractivity contribution in [3.63, 3.8) is 0 Å². The third kappa shape index (κ3) is 2.29. The molecular formula is C12H19NO6S. The van der Waals surface area contributed by atoms with E-state index in [2.05, 4.69) is 0 Å². The molecule has 114 valence electrons. The molecule has 7 nitrogen and oxygen atoms in total. The number of nitrogens with zero attached hydrogens (tertiary/aromatic N) is 1. The van der Waals surface area contributed by atoms with Gasteiger partial charge in [0, 0.05) is 0 Å². The third-order valence-electron chi connectivity index (χ3n) is 3.97. The molecule has 2 heterocycles. The number of amides is 1. The fraction of sp³-hybridized carbons (Fsp3) is 0.917. The van der Waals surface area contributed by atoms with Crippen LogP contribution in [-0.2, 0) is 24.0 Å². The second-order valence-electron chi connectivity index (χ2n) is 6.53. The standard InChI is InChI=1S/C12H19NO6S/c1-12(2,3)19-11(14)13-9(6-18-20(13,15)16)10-7-4-17-5-8(7)10/h7-10H,4-6H2,1-3H3/t7-,8+,9?,10?. The van der Waals surface area contributed by atoms with Crippen molar-refractivity contribution in [3.8, 4) is 0 Å². The maximum Gasteiger partial charge on any atom is 0.426 e. The number of rotatable bonds is 1. The lowest BCUT2D eigenvalue weighted by Gasteiger charge is -2.26. The van der Waals surface area contributed by atoms with E-state index in [-0.39, 0.29) is 12.5 Å². The first kappa shape index (κ1) is 14.1. The van der Waals surface area contributed by atoms with E-state index in [4.69, 9.17) is 13.7 Å². The van der Waals surface area contributed by atoms with Crippen molar-refractivity contribution in [1.29, 1.82) is 0 Å². The summed E-state index contributed by atoms with van der Waals surface area (Å²) in [7, 11) is -4.03.